The maximum atomic E-state index is 13.8. The Kier molecular flexibility index (Phi) is 7.68. The van der Waals surface area contributed by atoms with Gasteiger partial charge in [-0.3, -0.25) is 4.79 Å². The van der Waals surface area contributed by atoms with Gasteiger partial charge in [-0.1, -0.05) is 12.1 Å². The van der Waals surface area contributed by atoms with Crippen LogP contribution in [0.15, 0.2) is 42.5 Å². The molecule has 1 aromatic heterocycles. The van der Waals surface area contributed by atoms with Gasteiger partial charge in [-0.2, -0.15) is 0 Å². The van der Waals surface area contributed by atoms with E-state index in [0.29, 0.717) is 36.7 Å². The smallest absolute Gasteiger partial charge is 0.410 e. The van der Waals surface area contributed by atoms with Gasteiger partial charge >= 0.3 is 6.09 Å². The van der Waals surface area contributed by atoms with Crippen LogP contribution in [-0.4, -0.2) is 65.7 Å². The predicted octanol–water partition coefficient (Wildman–Crippen LogP) is 5.36. The first kappa shape index (κ1) is 25.8. The molecule has 1 aliphatic heterocycles. The van der Waals surface area contributed by atoms with Crippen LogP contribution in [0.5, 0.6) is 11.5 Å². The quantitative estimate of drug-likeness (QED) is 0.425. The molecule has 0 radical (unpaired) electrons. The topological polar surface area (TPSA) is 81.2 Å². The average molecular weight is 512 g/mol. The Morgan fingerprint density at radius 3 is 2.56 bits per heavy atom. The summed E-state index contributed by atoms with van der Waals surface area (Å²) in [5.74, 6) is 0.879. The first-order valence-electron chi connectivity index (χ1n) is 12.0. The van der Waals surface area contributed by atoms with Crippen LogP contribution in [0, 0.1) is 0 Å². The van der Waals surface area contributed by atoms with Crippen molar-refractivity contribution in [3.63, 3.8) is 0 Å². The minimum absolute atomic E-state index is 0.140. The number of carbonyl (C=O) groups excluding carboxylic acids is 2. The van der Waals surface area contributed by atoms with Crippen molar-refractivity contribution in [3.05, 3.63) is 53.0 Å². The number of methoxy groups -OCH3 is 2. The molecule has 1 aliphatic rings. The van der Waals surface area contributed by atoms with Crippen LogP contribution in [0.1, 0.15) is 49.0 Å². The summed E-state index contributed by atoms with van der Waals surface area (Å²) in [5.41, 5.74) is 0.809. The van der Waals surface area contributed by atoms with E-state index in [1.807, 2.05) is 45.0 Å². The van der Waals surface area contributed by atoms with E-state index in [-0.39, 0.29) is 18.0 Å². The van der Waals surface area contributed by atoms with Crippen LogP contribution in [-0.2, 0) is 11.3 Å². The van der Waals surface area contributed by atoms with E-state index in [9.17, 15) is 9.59 Å². The van der Waals surface area contributed by atoms with E-state index < -0.39 is 5.60 Å². The van der Waals surface area contributed by atoms with Gasteiger partial charge in [0.2, 0.25) is 0 Å². The third kappa shape index (κ3) is 5.90. The third-order valence-electron chi connectivity index (χ3n) is 6.02. The molecule has 0 spiro atoms. The van der Waals surface area contributed by atoms with Crippen molar-refractivity contribution in [1.82, 2.24) is 14.8 Å². The van der Waals surface area contributed by atoms with Crippen LogP contribution in [0.4, 0.5) is 4.79 Å². The van der Waals surface area contributed by atoms with E-state index in [1.165, 1.54) is 0 Å². The molecule has 0 bridgehead atoms. The van der Waals surface area contributed by atoms with Crippen LogP contribution in [0.3, 0.4) is 0 Å². The zero-order valence-electron chi connectivity index (χ0n) is 21.4. The number of hydrogen-bond donors (Lipinski definition) is 0. The number of likely N-dealkylation sites (tertiary alicyclic amines) is 1. The van der Waals surface area contributed by atoms with E-state index in [0.717, 1.165) is 28.1 Å². The van der Waals surface area contributed by atoms with Gasteiger partial charge in [-0.05, 0) is 63.9 Å². The molecule has 3 aromatic rings. The molecule has 1 saturated heterocycles. The molecule has 4 rings (SSSR count). The first-order chi connectivity index (χ1) is 17.2. The third-order valence-corrected chi connectivity index (χ3v) is 7.04. The molecule has 0 saturated carbocycles. The van der Waals surface area contributed by atoms with Crippen molar-refractivity contribution in [1.29, 1.82) is 0 Å². The van der Waals surface area contributed by atoms with Crippen LogP contribution < -0.4 is 9.47 Å². The SMILES string of the molecule is COc1ccc(C(=O)N(Cc2nc3ccccc3s2)CC2CCCN2C(=O)OC(C)(C)C)cc1OC. The van der Waals surface area contributed by atoms with Gasteiger partial charge < -0.3 is 24.0 Å². The van der Waals surface area contributed by atoms with Gasteiger partial charge in [0.25, 0.3) is 5.91 Å². The second-order valence-electron chi connectivity index (χ2n) is 9.80. The normalized spacial score (nSPS) is 15.7. The fourth-order valence-corrected chi connectivity index (χ4v) is 5.35. The molecule has 192 valence electrons. The number of benzene rings is 2. The van der Waals surface area contributed by atoms with E-state index in [1.54, 1.807) is 53.6 Å². The minimum atomic E-state index is -0.583. The van der Waals surface area contributed by atoms with Gasteiger partial charge in [-0.15, -0.1) is 11.3 Å². The van der Waals surface area contributed by atoms with Crippen molar-refractivity contribution in [2.75, 3.05) is 27.3 Å². The lowest BCUT2D eigenvalue weighted by atomic mass is 10.1. The second-order valence-corrected chi connectivity index (χ2v) is 10.9. The number of rotatable bonds is 7. The summed E-state index contributed by atoms with van der Waals surface area (Å²) in [6.07, 6.45) is 1.32. The Balaban J connectivity index is 1.62. The molecule has 36 heavy (non-hydrogen) atoms. The number of hydrogen-bond acceptors (Lipinski definition) is 7. The highest BCUT2D eigenvalue weighted by molar-refractivity contribution is 7.18. The molecular formula is C27H33N3O5S. The summed E-state index contributed by atoms with van der Waals surface area (Å²) in [7, 11) is 3.10. The number of carbonyl (C=O) groups is 2. The molecule has 0 aliphatic carbocycles. The molecule has 2 heterocycles. The van der Waals surface area contributed by atoms with Crippen molar-refractivity contribution in [2.45, 2.75) is 51.8 Å². The maximum Gasteiger partial charge on any atom is 0.410 e. The van der Waals surface area contributed by atoms with E-state index >= 15 is 0 Å². The maximum absolute atomic E-state index is 13.8. The zero-order valence-corrected chi connectivity index (χ0v) is 22.3. The highest BCUT2D eigenvalue weighted by Crippen LogP contribution is 2.30. The molecule has 1 unspecified atom stereocenters. The number of thiazole rings is 1. The van der Waals surface area contributed by atoms with Gasteiger partial charge in [0.1, 0.15) is 10.6 Å². The minimum Gasteiger partial charge on any atom is -0.493 e. The predicted molar refractivity (Wildman–Crippen MR) is 140 cm³/mol. The molecule has 1 atom stereocenters. The standard InChI is InChI=1S/C27H33N3O5S/c1-27(2,3)35-26(32)30-14-8-9-19(30)16-29(17-24-28-20-10-6-7-11-23(20)36-24)25(31)18-12-13-21(33-4)22(15-18)34-5/h6-7,10-13,15,19H,8-9,14,16-17H2,1-5H3. The number of aromatic nitrogens is 1. The largest absolute Gasteiger partial charge is 0.493 e. The summed E-state index contributed by atoms with van der Waals surface area (Å²) in [4.78, 5) is 34.9. The summed E-state index contributed by atoms with van der Waals surface area (Å²) in [5, 5.41) is 0.840. The number of para-hydroxylation sites is 1. The molecule has 8 nitrogen and oxygen atoms in total. The van der Waals surface area contributed by atoms with Gasteiger partial charge in [-0.25, -0.2) is 9.78 Å². The molecule has 1 fully saturated rings. The average Bonchev–Trinajstić information content (AvgIpc) is 3.48. The summed E-state index contributed by atoms with van der Waals surface area (Å²) < 4.78 is 17.5. The Bertz CT molecular complexity index is 1200. The Hall–Kier alpha value is -3.33. The van der Waals surface area contributed by atoms with Crippen LogP contribution in [0.25, 0.3) is 10.2 Å². The van der Waals surface area contributed by atoms with Gasteiger partial charge in [0, 0.05) is 18.7 Å². The molecule has 9 heteroatoms. The monoisotopic (exact) mass is 511 g/mol. The molecule has 2 aromatic carbocycles. The number of amides is 2. The summed E-state index contributed by atoms with van der Waals surface area (Å²) in [6.45, 7) is 6.90. The second kappa shape index (κ2) is 10.7. The summed E-state index contributed by atoms with van der Waals surface area (Å²) in [6, 6.07) is 12.9. The van der Waals surface area contributed by atoms with Crippen molar-refractivity contribution in [3.8, 4) is 11.5 Å². The lowest BCUT2D eigenvalue weighted by Gasteiger charge is -2.32. The fraction of sp³-hybridized carbons (Fsp3) is 0.444. The molecule has 2 amide bonds. The fourth-order valence-electron chi connectivity index (χ4n) is 4.36. The number of fused-ring (bicyclic) bond motifs is 1. The van der Waals surface area contributed by atoms with E-state index in [2.05, 4.69) is 0 Å². The zero-order chi connectivity index (χ0) is 25.9. The Morgan fingerprint density at radius 1 is 1.11 bits per heavy atom. The van der Waals surface area contributed by atoms with Crippen molar-refractivity contribution in [2.24, 2.45) is 0 Å². The van der Waals surface area contributed by atoms with Crippen molar-refractivity contribution < 1.29 is 23.8 Å². The highest BCUT2D eigenvalue weighted by Gasteiger charge is 2.34. The van der Waals surface area contributed by atoms with Gasteiger partial charge in [0.05, 0.1) is 37.0 Å². The lowest BCUT2D eigenvalue weighted by Crippen LogP contribution is -2.46. The lowest BCUT2D eigenvalue weighted by molar-refractivity contribution is 0.0189. The first-order valence-corrected chi connectivity index (χ1v) is 12.9. The van der Waals surface area contributed by atoms with Crippen molar-refractivity contribution >= 4 is 33.6 Å². The van der Waals surface area contributed by atoms with Crippen LogP contribution in [0.2, 0.25) is 0 Å². The highest BCUT2D eigenvalue weighted by atomic mass is 32.1. The van der Waals surface area contributed by atoms with E-state index in [4.69, 9.17) is 19.2 Å². The van der Waals surface area contributed by atoms with Gasteiger partial charge in [0.15, 0.2) is 11.5 Å². The number of ether oxygens (including phenoxy) is 3. The molecular weight excluding hydrogens is 478 g/mol. The number of nitrogens with zero attached hydrogens (tertiary/aromatic N) is 3. The molecule has 0 N–H and O–H groups in total. The Morgan fingerprint density at radius 2 is 1.86 bits per heavy atom. The Labute approximate surface area is 215 Å². The van der Waals surface area contributed by atoms with Crippen LogP contribution >= 0.6 is 11.3 Å². The summed E-state index contributed by atoms with van der Waals surface area (Å²) >= 11 is 1.57.